The van der Waals surface area contributed by atoms with Crippen LogP contribution in [0.3, 0.4) is 0 Å². The number of aldehydes is 1. The van der Waals surface area contributed by atoms with Gasteiger partial charge in [-0.15, -0.1) is 0 Å². The van der Waals surface area contributed by atoms with Crippen molar-refractivity contribution in [2.45, 2.75) is 127 Å². The zero-order valence-electron chi connectivity index (χ0n) is 26.5. The second-order valence-electron chi connectivity index (χ2n) is 14.4. The van der Waals surface area contributed by atoms with Crippen molar-refractivity contribution in [2.75, 3.05) is 20.8 Å². The maximum atomic E-state index is 13.2. The van der Waals surface area contributed by atoms with Gasteiger partial charge in [0.15, 0.2) is 12.4 Å². The number of cyclic esters (lactones) is 1. The summed E-state index contributed by atoms with van der Waals surface area (Å²) in [4.78, 5) is 36.8. The van der Waals surface area contributed by atoms with Crippen LogP contribution in [0.5, 0.6) is 0 Å². The Morgan fingerprint density at radius 2 is 1.73 bits per heavy atom. The van der Waals surface area contributed by atoms with Gasteiger partial charge in [0.1, 0.15) is 25.1 Å². The molecule has 6 rings (SSSR count). The van der Waals surface area contributed by atoms with Crippen molar-refractivity contribution in [3.8, 4) is 0 Å². The number of rotatable bonds is 7. The Morgan fingerprint density at radius 3 is 2.36 bits per heavy atom. The molecule has 6 aliphatic rings. The Morgan fingerprint density at radius 1 is 1.00 bits per heavy atom. The molecule has 1 saturated heterocycles. The lowest BCUT2D eigenvalue weighted by molar-refractivity contribution is -0.324. The molecule has 44 heavy (non-hydrogen) atoms. The molecule has 5 fully saturated rings. The highest BCUT2D eigenvalue weighted by atomic mass is 16.7. The van der Waals surface area contributed by atoms with Gasteiger partial charge in [0.2, 0.25) is 0 Å². The summed E-state index contributed by atoms with van der Waals surface area (Å²) in [5, 5.41) is 24.8. The fourth-order valence-electron chi connectivity index (χ4n) is 10.6. The smallest absolute Gasteiger partial charge is 0.331 e. The number of ether oxygens (including phenoxy) is 6. The summed E-state index contributed by atoms with van der Waals surface area (Å²) < 4.78 is 34.7. The lowest BCUT2D eigenvalue weighted by Crippen LogP contribution is -2.69. The molecule has 0 spiro atoms. The highest BCUT2D eigenvalue weighted by Gasteiger charge is 2.71. The van der Waals surface area contributed by atoms with Crippen molar-refractivity contribution in [3.63, 3.8) is 0 Å². The van der Waals surface area contributed by atoms with Crippen molar-refractivity contribution in [1.82, 2.24) is 0 Å². The lowest BCUT2D eigenvalue weighted by atomic mass is 9.41. The number of fused-ring (bicyclic) bond motifs is 5. The van der Waals surface area contributed by atoms with Gasteiger partial charge in [-0.3, -0.25) is 4.79 Å². The van der Waals surface area contributed by atoms with Crippen LogP contribution in [0.4, 0.5) is 0 Å². The van der Waals surface area contributed by atoms with Crippen LogP contribution in [0.2, 0.25) is 0 Å². The van der Waals surface area contributed by atoms with E-state index >= 15 is 0 Å². The predicted molar refractivity (Wildman–Crippen MR) is 154 cm³/mol. The van der Waals surface area contributed by atoms with E-state index in [1.807, 2.05) is 0 Å². The summed E-state index contributed by atoms with van der Waals surface area (Å²) in [6.07, 6.45) is 3.86. The zero-order valence-corrected chi connectivity index (χ0v) is 26.5. The summed E-state index contributed by atoms with van der Waals surface area (Å²) >= 11 is 0. The molecule has 13 atom stereocenters. The van der Waals surface area contributed by atoms with Gasteiger partial charge in [0, 0.05) is 39.1 Å². The first kappa shape index (κ1) is 32.1. The van der Waals surface area contributed by atoms with E-state index in [2.05, 4.69) is 6.92 Å². The Bertz CT molecular complexity index is 1190. The van der Waals surface area contributed by atoms with Crippen LogP contribution in [0.1, 0.15) is 78.6 Å². The van der Waals surface area contributed by atoms with Gasteiger partial charge < -0.3 is 43.4 Å². The number of hydrogen-bond acceptors (Lipinski definition) is 11. The van der Waals surface area contributed by atoms with Crippen molar-refractivity contribution in [3.05, 3.63) is 11.6 Å². The molecule has 0 radical (unpaired) electrons. The maximum absolute atomic E-state index is 13.2. The summed E-state index contributed by atoms with van der Waals surface area (Å²) in [6, 6.07) is 0. The fraction of sp³-hybridized carbons (Fsp3) is 0.848. The van der Waals surface area contributed by atoms with Gasteiger partial charge in [-0.2, -0.15) is 0 Å². The van der Waals surface area contributed by atoms with Gasteiger partial charge in [-0.05, 0) is 81.6 Å². The summed E-state index contributed by atoms with van der Waals surface area (Å²) in [5.74, 6) is -1.00. The molecule has 12 unspecified atom stereocenters. The molecule has 4 saturated carbocycles. The molecule has 2 aliphatic heterocycles. The van der Waals surface area contributed by atoms with E-state index in [1.165, 1.54) is 21.1 Å². The standard InChI is InChI=1S/C33H48O11/c1-18-26(43-19(2)35)27(39-4)28(40-5)29(42-18)44-21-6-11-31(17-34)23-7-10-30(3)22(20-14-25(36)41-16-20)9-13-33(30,38)24(23)8-12-32(31,37)15-21/h14,17-18,21-24,26-29,37-38H,6-13,15-16H2,1-5H3/t18?,21?,22?,23?,24?,26-,27?,28?,29?,30?,31?,32?,33?/m1/s1. The Labute approximate surface area is 258 Å². The lowest BCUT2D eigenvalue weighted by Gasteiger charge is -2.65. The molecule has 0 amide bonds. The van der Waals surface area contributed by atoms with Gasteiger partial charge in [-0.25, -0.2) is 4.79 Å². The SMILES string of the molecule is COC1C(OC2CCC3(C=O)C4CCC5(C)C(C6=CC(=O)OC6)CCC5(O)C4CCC3(O)C2)OC(C)[C@@H](OC(C)=O)C1OC. The normalized spacial score (nSPS) is 50.1. The van der Waals surface area contributed by atoms with Crippen molar-refractivity contribution >= 4 is 18.2 Å². The minimum absolute atomic E-state index is 0.0556. The molecule has 4 aliphatic carbocycles. The number of hydrogen-bond donors (Lipinski definition) is 2. The third kappa shape index (κ3) is 4.63. The molecular weight excluding hydrogens is 572 g/mol. The second kappa shape index (κ2) is 11.4. The average Bonchev–Trinajstić information content (AvgIpc) is 3.52. The first-order valence-corrected chi connectivity index (χ1v) is 16.2. The Balaban J connectivity index is 1.20. The minimum Gasteiger partial charge on any atom is -0.458 e. The monoisotopic (exact) mass is 620 g/mol. The summed E-state index contributed by atoms with van der Waals surface area (Å²) in [5.41, 5.74) is -2.75. The van der Waals surface area contributed by atoms with Gasteiger partial charge in [0.05, 0.1) is 28.8 Å². The van der Waals surface area contributed by atoms with Crippen LogP contribution in [-0.2, 0) is 42.8 Å². The minimum atomic E-state index is -1.29. The number of carbonyl (C=O) groups excluding carboxylic acids is 3. The topological polar surface area (TPSA) is 147 Å². The Kier molecular flexibility index (Phi) is 8.32. The van der Waals surface area contributed by atoms with Crippen molar-refractivity contribution < 1.29 is 53.0 Å². The summed E-state index contributed by atoms with van der Waals surface area (Å²) in [6.45, 7) is 5.55. The molecule has 246 valence electrons. The van der Waals surface area contributed by atoms with Crippen molar-refractivity contribution in [2.24, 2.45) is 28.6 Å². The van der Waals surface area contributed by atoms with Crippen LogP contribution in [0.25, 0.3) is 0 Å². The highest BCUT2D eigenvalue weighted by Crippen LogP contribution is 2.70. The fourth-order valence-corrected chi connectivity index (χ4v) is 10.6. The molecule has 0 bridgehead atoms. The van der Waals surface area contributed by atoms with Gasteiger partial charge in [0.25, 0.3) is 0 Å². The van der Waals surface area contributed by atoms with E-state index in [0.717, 1.165) is 24.7 Å². The molecule has 2 N–H and O–H groups in total. The largest absolute Gasteiger partial charge is 0.458 e. The molecule has 2 heterocycles. The quantitative estimate of drug-likeness (QED) is 0.246. The first-order chi connectivity index (χ1) is 20.9. The van der Waals surface area contributed by atoms with E-state index in [9.17, 15) is 24.6 Å². The average molecular weight is 621 g/mol. The van der Waals surface area contributed by atoms with E-state index in [0.29, 0.717) is 38.5 Å². The molecule has 0 aromatic heterocycles. The van der Waals surface area contributed by atoms with Crippen LogP contribution in [0, 0.1) is 28.6 Å². The molecule has 0 aromatic rings. The number of carbonyl (C=O) groups is 3. The second-order valence-corrected chi connectivity index (χ2v) is 14.4. The summed E-state index contributed by atoms with van der Waals surface area (Å²) in [7, 11) is 3.05. The molecular formula is C33H48O11. The third-order valence-electron chi connectivity index (χ3n) is 12.7. The van der Waals surface area contributed by atoms with E-state index in [1.54, 1.807) is 13.0 Å². The molecule has 0 aromatic carbocycles. The van der Waals surface area contributed by atoms with Gasteiger partial charge >= 0.3 is 11.9 Å². The number of methoxy groups -OCH3 is 2. The van der Waals surface area contributed by atoms with Crippen LogP contribution in [0.15, 0.2) is 11.6 Å². The zero-order chi connectivity index (χ0) is 31.7. The highest BCUT2D eigenvalue weighted by molar-refractivity contribution is 5.85. The molecule has 11 nitrogen and oxygen atoms in total. The number of aliphatic hydroxyl groups is 2. The third-order valence-corrected chi connectivity index (χ3v) is 12.7. The van der Waals surface area contributed by atoms with E-state index in [-0.39, 0.29) is 36.8 Å². The van der Waals surface area contributed by atoms with Gasteiger partial charge in [-0.1, -0.05) is 6.92 Å². The van der Waals surface area contributed by atoms with Crippen LogP contribution in [-0.4, -0.2) is 97.3 Å². The first-order valence-electron chi connectivity index (χ1n) is 16.2. The molecule has 11 heteroatoms. The van der Waals surface area contributed by atoms with Crippen LogP contribution >= 0.6 is 0 Å². The van der Waals surface area contributed by atoms with Crippen LogP contribution < -0.4 is 0 Å². The van der Waals surface area contributed by atoms with E-state index in [4.69, 9.17) is 28.4 Å². The Hall–Kier alpha value is -1.89. The predicted octanol–water partition coefficient (Wildman–Crippen LogP) is 2.63. The maximum Gasteiger partial charge on any atom is 0.331 e. The van der Waals surface area contributed by atoms with E-state index < -0.39 is 64.8 Å². The van der Waals surface area contributed by atoms with Crippen molar-refractivity contribution in [1.29, 1.82) is 0 Å². The number of esters is 2.